The molecule has 8 aromatic carbocycles. The molecule has 2 aromatic heterocycles. The fraction of sp³-hybridized carbons (Fsp3) is 0. The van der Waals surface area contributed by atoms with Crippen LogP contribution >= 0.6 is 0 Å². The van der Waals surface area contributed by atoms with E-state index in [1.807, 2.05) is 48.5 Å². The van der Waals surface area contributed by atoms with E-state index in [0.29, 0.717) is 17.5 Å². The van der Waals surface area contributed by atoms with E-state index in [-0.39, 0.29) is 0 Å². The monoisotopic (exact) mass is 651 g/mol. The average Bonchev–Trinajstić information content (AvgIpc) is 3.61. The van der Waals surface area contributed by atoms with Crippen molar-refractivity contribution in [3.63, 3.8) is 0 Å². The van der Waals surface area contributed by atoms with Crippen molar-refractivity contribution < 1.29 is 4.42 Å². The summed E-state index contributed by atoms with van der Waals surface area (Å²) in [5.41, 5.74) is 9.12. The van der Waals surface area contributed by atoms with Crippen molar-refractivity contribution in [2.45, 2.75) is 0 Å². The smallest absolute Gasteiger partial charge is 0.164 e. The zero-order chi connectivity index (χ0) is 33.7. The van der Waals surface area contributed by atoms with E-state index in [4.69, 9.17) is 19.4 Å². The van der Waals surface area contributed by atoms with Gasteiger partial charge in [-0.05, 0) is 50.5 Å². The van der Waals surface area contributed by atoms with E-state index in [0.717, 1.165) is 65.9 Å². The lowest BCUT2D eigenvalue weighted by molar-refractivity contribution is 0.673. The normalized spacial score (nSPS) is 11.5. The zero-order valence-corrected chi connectivity index (χ0v) is 27.5. The zero-order valence-electron chi connectivity index (χ0n) is 27.5. The summed E-state index contributed by atoms with van der Waals surface area (Å²) in [6.45, 7) is 0. The summed E-state index contributed by atoms with van der Waals surface area (Å²) in [6.07, 6.45) is 0. The third-order valence-electron chi connectivity index (χ3n) is 9.73. The molecule has 0 N–H and O–H groups in total. The van der Waals surface area contributed by atoms with Crippen molar-refractivity contribution in [3.05, 3.63) is 176 Å². The first-order valence-electron chi connectivity index (χ1n) is 17.1. The fourth-order valence-electron chi connectivity index (χ4n) is 7.19. The van der Waals surface area contributed by atoms with Crippen molar-refractivity contribution >= 4 is 43.5 Å². The van der Waals surface area contributed by atoms with Crippen molar-refractivity contribution in [1.29, 1.82) is 0 Å². The third-order valence-corrected chi connectivity index (χ3v) is 9.73. The number of rotatable bonds is 5. The van der Waals surface area contributed by atoms with Crippen molar-refractivity contribution in [3.8, 4) is 56.4 Å². The van der Waals surface area contributed by atoms with Gasteiger partial charge >= 0.3 is 0 Å². The van der Waals surface area contributed by atoms with E-state index in [1.165, 1.54) is 16.5 Å². The van der Waals surface area contributed by atoms with Crippen LogP contribution in [0.1, 0.15) is 0 Å². The highest BCUT2D eigenvalue weighted by Gasteiger charge is 2.21. The molecule has 2 heterocycles. The Bertz CT molecular complexity index is 2880. The predicted octanol–water partition coefficient (Wildman–Crippen LogP) is 12.4. The molecule has 0 spiro atoms. The van der Waals surface area contributed by atoms with Crippen molar-refractivity contribution in [1.82, 2.24) is 15.0 Å². The largest absolute Gasteiger partial charge is 0.455 e. The number of furan rings is 1. The van der Waals surface area contributed by atoms with Crippen LogP contribution in [0.4, 0.5) is 0 Å². The summed E-state index contributed by atoms with van der Waals surface area (Å²) in [4.78, 5) is 15.4. The number of fused-ring (bicyclic) bond motifs is 7. The minimum absolute atomic E-state index is 0.603. The summed E-state index contributed by atoms with van der Waals surface area (Å²) >= 11 is 0. The second-order valence-corrected chi connectivity index (χ2v) is 12.8. The first-order chi connectivity index (χ1) is 25.3. The van der Waals surface area contributed by atoms with Gasteiger partial charge in [-0.15, -0.1) is 0 Å². The van der Waals surface area contributed by atoms with Gasteiger partial charge in [-0.3, -0.25) is 0 Å². The van der Waals surface area contributed by atoms with Gasteiger partial charge in [0.15, 0.2) is 17.5 Å². The van der Waals surface area contributed by atoms with Gasteiger partial charge in [0.2, 0.25) is 0 Å². The molecule has 51 heavy (non-hydrogen) atoms. The van der Waals surface area contributed by atoms with Gasteiger partial charge < -0.3 is 4.42 Å². The molecule has 0 fully saturated rings. The molecular weight excluding hydrogens is 623 g/mol. The molecule has 0 amide bonds. The summed E-state index contributed by atoms with van der Waals surface area (Å²) in [7, 11) is 0. The van der Waals surface area contributed by atoms with E-state index >= 15 is 0 Å². The lowest BCUT2D eigenvalue weighted by atomic mass is 9.95. The number of benzene rings is 8. The Balaban J connectivity index is 1.15. The number of nitrogens with zero attached hydrogens (tertiary/aromatic N) is 3. The van der Waals surface area contributed by atoms with Crippen molar-refractivity contribution in [2.24, 2.45) is 0 Å². The minimum atomic E-state index is 0.603. The number of hydrogen-bond acceptors (Lipinski definition) is 4. The minimum Gasteiger partial charge on any atom is -0.455 e. The van der Waals surface area contributed by atoms with Crippen LogP contribution in [0.3, 0.4) is 0 Å². The van der Waals surface area contributed by atoms with Crippen LogP contribution in [0, 0.1) is 0 Å². The van der Waals surface area contributed by atoms with Gasteiger partial charge in [0.05, 0.1) is 0 Å². The molecule has 0 saturated carbocycles. The molecule has 0 saturated heterocycles. The van der Waals surface area contributed by atoms with Gasteiger partial charge in [-0.25, -0.2) is 15.0 Å². The van der Waals surface area contributed by atoms with Gasteiger partial charge in [-0.1, -0.05) is 164 Å². The molecule has 0 bridgehead atoms. The SMILES string of the molecule is c1ccc(-c2ccc(-c3ccc(-c4nc(-c5ccccc5)nc(-c5cc6ccc7ccccc7c6c6oc7ccccc7c56)n4)cc3)cc2)cc1. The highest BCUT2D eigenvalue weighted by molar-refractivity contribution is 6.26. The summed E-state index contributed by atoms with van der Waals surface area (Å²) in [5.74, 6) is 1.84. The maximum atomic E-state index is 6.68. The molecular formula is C47H29N3O. The van der Waals surface area contributed by atoms with Crippen LogP contribution < -0.4 is 0 Å². The second-order valence-electron chi connectivity index (χ2n) is 12.8. The molecule has 0 radical (unpaired) electrons. The molecule has 0 unspecified atom stereocenters. The van der Waals surface area contributed by atoms with Gasteiger partial charge in [-0.2, -0.15) is 0 Å². The quantitative estimate of drug-likeness (QED) is 0.174. The highest BCUT2D eigenvalue weighted by Crippen LogP contribution is 2.43. The summed E-state index contributed by atoms with van der Waals surface area (Å²) in [6, 6.07) is 61.0. The summed E-state index contributed by atoms with van der Waals surface area (Å²) in [5, 5.41) is 6.52. The number of para-hydroxylation sites is 1. The Hall–Kier alpha value is -6.91. The van der Waals surface area contributed by atoms with Crippen LogP contribution in [0.2, 0.25) is 0 Å². The van der Waals surface area contributed by atoms with E-state index < -0.39 is 0 Å². The standard InChI is InChI=1S/C47H29N3O/c1-3-11-30(12-4-1)31-19-21-32(22-20-31)33-23-26-36(27-24-33)46-48-45(35-14-5-2-6-15-35)49-47(50-46)40-29-37-28-25-34-13-7-8-16-38(34)42(37)44-43(40)39-17-9-10-18-41(39)51-44/h1-29H. The van der Waals surface area contributed by atoms with Crippen LogP contribution in [-0.4, -0.2) is 15.0 Å². The second kappa shape index (κ2) is 11.9. The number of aromatic nitrogens is 3. The molecule has 0 aliphatic carbocycles. The van der Waals surface area contributed by atoms with Gasteiger partial charge in [0.25, 0.3) is 0 Å². The van der Waals surface area contributed by atoms with Gasteiger partial charge in [0, 0.05) is 32.8 Å². The molecule has 4 nitrogen and oxygen atoms in total. The van der Waals surface area contributed by atoms with Crippen LogP contribution in [0.25, 0.3) is 99.9 Å². The van der Waals surface area contributed by atoms with Crippen LogP contribution in [-0.2, 0) is 0 Å². The maximum Gasteiger partial charge on any atom is 0.164 e. The molecule has 238 valence electrons. The molecule has 10 aromatic rings. The van der Waals surface area contributed by atoms with Crippen molar-refractivity contribution in [2.75, 3.05) is 0 Å². The fourth-order valence-corrected chi connectivity index (χ4v) is 7.19. The van der Waals surface area contributed by atoms with Crippen LogP contribution in [0.5, 0.6) is 0 Å². The van der Waals surface area contributed by atoms with E-state index in [2.05, 4.69) is 127 Å². The Kier molecular flexibility index (Phi) is 6.78. The Morgan fingerprint density at radius 3 is 1.47 bits per heavy atom. The van der Waals surface area contributed by atoms with E-state index in [9.17, 15) is 0 Å². The molecule has 0 aliphatic heterocycles. The first kappa shape index (κ1) is 29.0. The lowest BCUT2D eigenvalue weighted by Crippen LogP contribution is -2.00. The Morgan fingerprint density at radius 2 is 0.804 bits per heavy atom. The predicted molar refractivity (Wildman–Crippen MR) is 209 cm³/mol. The topological polar surface area (TPSA) is 51.8 Å². The first-order valence-corrected chi connectivity index (χ1v) is 17.1. The average molecular weight is 652 g/mol. The van der Waals surface area contributed by atoms with E-state index in [1.54, 1.807) is 0 Å². The molecule has 4 heteroatoms. The van der Waals surface area contributed by atoms with Gasteiger partial charge in [0.1, 0.15) is 11.2 Å². The summed E-state index contributed by atoms with van der Waals surface area (Å²) < 4.78 is 6.68. The molecule has 10 rings (SSSR count). The molecule has 0 atom stereocenters. The Morgan fingerprint density at radius 1 is 0.333 bits per heavy atom. The molecule has 0 aliphatic rings. The van der Waals surface area contributed by atoms with Crippen LogP contribution in [0.15, 0.2) is 180 Å². The maximum absolute atomic E-state index is 6.68. The Labute approximate surface area is 294 Å². The lowest BCUT2D eigenvalue weighted by Gasteiger charge is -2.12. The number of hydrogen-bond donors (Lipinski definition) is 0. The highest BCUT2D eigenvalue weighted by atomic mass is 16.3. The third kappa shape index (κ3) is 5.04.